The van der Waals surface area contributed by atoms with Crippen LogP contribution in [0.2, 0.25) is 5.02 Å². The number of nitrogens with zero attached hydrogens (tertiary/aromatic N) is 9. The third-order valence-electron chi connectivity index (χ3n) is 8.72. The Balaban J connectivity index is 1.09. The molecule has 0 radical (unpaired) electrons. The molecule has 0 amide bonds. The summed E-state index contributed by atoms with van der Waals surface area (Å²) < 4.78 is 30.8. The smallest absolute Gasteiger partial charge is 0.262 e. The van der Waals surface area contributed by atoms with E-state index in [-0.39, 0.29) is 11.1 Å². The molecule has 12 nitrogen and oxygen atoms in total. The van der Waals surface area contributed by atoms with Crippen molar-refractivity contribution >= 4 is 27.6 Å². The van der Waals surface area contributed by atoms with Crippen molar-refractivity contribution in [1.29, 1.82) is 0 Å². The average molecular weight is 653 g/mol. The molecule has 240 valence electrons. The first-order chi connectivity index (χ1) is 21.6. The van der Waals surface area contributed by atoms with E-state index in [1.54, 1.807) is 24.0 Å². The lowest BCUT2D eigenvalue weighted by molar-refractivity contribution is 0.104. The lowest BCUT2D eigenvalue weighted by atomic mass is 10.1. The van der Waals surface area contributed by atoms with Gasteiger partial charge in [-0.15, -0.1) is 0 Å². The maximum absolute atomic E-state index is 12.9. The molecule has 2 fully saturated rings. The standard InChI is InChI=1S/C31H41ClN10O2S/c1-22(2)40-13-11-39(12-14-40)18-24-5-6-28(23(3)15-24)42-19-25(16-35-42)30-27(32)17-33-31(37-30)36-26-7-9-41(10-8-26)45(43,44)29-20-38(4)21-34-29/h5-6,15-17,19-22,26H,7-14,18H2,1-4H3,(H,33,36,37). The maximum atomic E-state index is 12.9. The van der Waals surface area contributed by atoms with E-state index < -0.39 is 10.0 Å². The van der Waals surface area contributed by atoms with Crippen LogP contribution in [0, 0.1) is 6.92 Å². The Morgan fingerprint density at radius 2 is 1.78 bits per heavy atom. The van der Waals surface area contributed by atoms with Gasteiger partial charge in [0.15, 0.2) is 5.03 Å². The number of aryl methyl sites for hydroxylation is 2. The first-order valence-corrected chi connectivity index (χ1v) is 17.3. The fourth-order valence-electron chi connectivity index (χ4n) is 6.06. The largest absolute Gasteiger partial charge is 0.351 e. The highest BCUT2D eigenvalue weighted by Crippen LogP contribution is 2.28. The number of piperazine rings is 1. The Bertz CT molecular complexity index is 1740. The summed E-state index contributed by atoms with van der Waals surface area (Å²) >= 11 is 6.55. The molecule has 2 aliphatic heterocycles. The van der Waals surface area contributed by atoms with Crippen molar-refractivity contribution in [2.75, 3.05) is 44.6 Å². The molecule has 1 aromatic carbocycles. The number of hydrogen-bond donors (Lipinski definition) is 1. The molecule has 2 aliphatic rings. The summed E-state index contributed by atoms with van der Waals surface area (Å²) in [7, 11) is -1.86. The Labute approximate surface area is 270 Å². The third-order valence-corrected chi connectivity index (χ3v) is 10.8. The van der Waals surface area contributed by atoms with Crippen LogP contribution in [0.25, 0.3) is 16.9 Å². The highest BCUT2D eigenvalue weighted by atomic mass is 35.5. The number of nitrogens with one attached hydrogen (secondary N) is 1. The van der Waals surface area contributed by atoms with Gasteiger partial charge in [0.25, 0.3) is 10.0 Å². The molecular formula is C31H41ClN10O2S. The van der Waals surface area contributed by atoms with Gasteiger partial charge in [-0.2, -0.15) is 9.40 Å². The quantitative estimate of drug-likeness (QED) is 0.288. The van der Waals surface area contributed by atoms with Gasteiger partial charge in [0.2, 0.25) is 5.95 Å². The Morgan fingerprint density at radius 1 is 1.02 bits per heavy atom. The molecule has 45 heavy (non-hydrogen) atoms. The van der Waals surface area contributed by atoms with Crippen molar-refractivity contribution in [1.82, 2.24) is 43.4 Å². The average Bonchev–Trinajstić information content (AvgIpc) is 3.69. The van der Waals surface area contributed by atoms with E-state index in [1.165, 1.54) is 22.4 Å². The molecule has 4 aromatic rings. The van der Waals surface area contributed by atoms with E-state index in [0.29, 0.717) is 48.6 Å². The summed E-state index contributed by atoms with van der Waals surface area (Å²) in [4.78, 5) is 18.2. The van der Waals surface area contributed by atoms with Gasteiger partial charge in [0.1, 0.15) is 0 Å². The predicted octanol–water partition coefficient (Wildman–Crippen LogP) is 3.82. The molecule has 6 rings (SSSR count). The molecule has 3 aromatic heterocycles. The number of anilines is 1. The Morgan fingerprint density at radius 3 is 2.44 bits per heavy atom. The number of benzene rings is 1. The summed E-state index contributed by atoms with van der Waals surface area (Å²) in [5.41, 5.74) is 4.83. The molecule has 14 heteroatoms. The molecular weight excluding hydrogens is 612 g/mol. The minimum atomic E-state index is -3.61. The summed E-state index contributed by atoms with van der Waals surface area (Å²) in [6, 6.07) is 7.18. The summed E-state index contributed by atoms with van der Waals surface area (Å²) in [6.07, 6.45) is 9.55. The van der Waals surface area contributed by atoms with Gasteiger partial charge in [-0.1, -0.05) is 23.7 Å². The minimum absolute atomic E-state index is 0.0252. The molecule has 0 unspecified atom stereocenters. The highest BCUT2D eigenvalue weighted by Gasteiger charge is 2.31. The zero-order valence-corrected chi connectivity index (χ0v) is 27.8. The van der Waals surface area contributed by atoms with Crippen molar-refractivity contribution in [2.24, 2.45) is 7.05 Å². The first-order valence-electron chi connectivity index (χ1n) is 15.5. The van der Waals surface area contributed by atoms with E-state index in [9.17, 15) is 8.42 Å². The lowest BCUT2D eigenvalue weighted by Crippen LogP contribution is -2.48. The zero-order valence-electron chi connectivity index (χ0n) is 26.3. The Hall–Kier alpha value is -3.36. The monoisotopic (exact) mass is 652 g/mol. The van der Waals surface area contributed by atoms with E-state index >= 15 is 0 Å². The topological polar surface area (TPSA) is 117 Å². The van der Waals surface area contributed by atoms with E-state index in [1.807, 2.05) is 10.9 Å². The van der Waals surface area contributed by atoms with Crippen molar-refractivity contribution in [2.45, 2.75) is 57.3 Å². The van der Waals surface area contributed by atoms with Gasteiger partial charge in [-0.25, -0.2) is 28.1 Å². The number of piperidine rings is 1. The number of rotatable bonds is 9. The van der Waals surface area contributed by atoms with Gasteiger partial charge in [0, 0.05) is 82.9 Å². The van der Waals surface area contributed by atoms with Gasteiger partial charge >= 0.3 is 0 Å². The third kappa shape index (κ3) is 7.07. The first kappa shape index (κ1) is 31.6. The fraction of sp³-hybridized carbons (Fsp3) is 0.484. The van der Waals surface area contributed by atoms with Crippen LogP contribution in [0.3, 0.4) is 0 Å². The molecule has 0 saturated carbocycles. The normalized spacial score (nSPS) is 17.7. The summed E-state index contributed by atoms with van der Waals surface area (Å²) in [5.74, 6) is 0.447. The molecule has 1 N–H and O–H groups in total. The van der Waals surface area contributed by atoms with Crippen LogP contribution in [0.5, 0.6) is 0 Å². The molecule has 5 heterocycles. The van der Waals surface area contributed by atoms with Crippen molar-refractivity contribution < 1.29 is 8.42 Å². The summed E-state index contributed by atoms with van der Waals surface area (Å²) in [6.45, 7) is 12.8. The highest BCUT2D eigenvalue weighted by molar-refractivity contribution is 7.89. The maximum Gasteiger partial charge on any atom is 0.262 e. The number of aromatic nitrogens is 6. The van der Waals surface area contributed by atoms with Crippen LogP contribution < -0.4 is 5.32 Å². The van der Waals surface area contributed by atoms with Crippen molar-refractivity contribution in [3.63, 3.8) is 0 Å². The predicted molar refractivity (Wildman–Crippen MR) is 175 cm³/mol. The van der Waals surface area contributed by atoms with Gasteiger partial charge in [0.05, 0.1) is 35.1 Å². The van der Waals surface area contributed by atoms with Crippen LogP contribution in [0.15, 0.2) is 54.3 Å². The molecule has 0 atom stereocenters. The van der Waals surface area contributed by atoms with E-state index in [2.05, 4.69) is 69.2 Å². The number of hydrogen-bond acceptors (Lipinski definition) is 9. The molecule has 0 bridgehead atoms. The Kier molecular flexibility index (Phi) is 9.25. The number of imidazole rings is 1. The van der Waals surface area contributed by atoms with Gasteiger partial charge in [-0.3, -0.25) is 9.80 Å². The number of halogens is 1. The van der Waals surface area contributed by atoms with Crippen LogP contribution >= 0.6 is 11.6 Å². The second-order valence-electron chi connectivity index (χ2n) is 12.3. The zero-order chi connectivity index (χ0) is 31.7. The minimum Gasteiger partial charge on any atom is -0.351 e. The van der Waals surface area contributed by atoms with Crippen LogP contribution in [-0.4, -0.2) is 103 Å². The second kappa shape index (κ2) is 13.2. The van der Waals surface area contributed by atoms with Crippen molar-refractivity contribution in [3.8, 4) is 16.9 Å². The fourth-order valence-corrected chi connectivity index (χ4v) is 7.70. The number of sulfonamides is 1. The second-order valence-corrected chi connectivity index (χ2v) is 14.6. The lowest BCUT2D eigenvalue weighted by Gasteiger charge is -2.37. The molecule has 0 aliphatic carbocycles. The van der Waals surface area contributed by atoms with E-state index in [0.717, 1.165) is 49.5 Å². The van der Waals surface area contributed by atoms with Gasteiger partial charge < -0.3 is 9.88 Å². The molecule has 2 saturated heterocycles. The van der Waals surface area contributed by atoms with Gasteiger partial charge in [-0.05, 0) is 50.8 Å². The summed E-state index contributed by atoms with van der Waals surface area (Å²) in [5, 5.41) is 8.51. The van der Waals surface area contributed by atoms with Crippen LogP contribution in [0.4, 0.5) is 5.95 Å². The van der Waals surface area contributed by atoms with Crippen LogP contribution in [0.1, 0.15) is 37.8 Å². The molecule has 0 spiro atoms. The van der Waals surface area contributed by atoms with Crippen LogP contribution in [-0.2, 0) is 23.6 Å². The van der Waals surface area contributed by atoms with E-state index in [4.69, 9.17) is 16.6 Å². The SMILES string of the molecule is Cc1cc(CN2CCN(C(C)C)CC2)ccc1-n1cc(-c2nc(NC3CCN(S(=O)(=O)c4cn(C)cn4)CC3)ncc2Cl)cn1. The van der Waals surface area contributed by atoms with Crippen molar-refractivity contribution in [3.05, 3.63) is 65.5 Å².